The summed E-state index contributed by atoms with van der Waals surface area (Å²) in [5.41, 5.74) is 1.08. The Labute approximate surface area is 104 Å². The molecular weight excluding hydrogens is 245 g/mol. The molecule has 6 heteroatoms. The summed E-state index contributed by atoms with van der Waals surface area (Å²) in [5.74, 6) is 0. The molecule has 1 N–H and O–H groups in total. The highest BCUT2D eigenvalue weighted by Gasteiger charge is 2.27. The maximum atomic E-state index is 11.9. The highest BCUT2D eigenvalue weighted by Crippen LogP contribution is 2.19. The van der Waals surface area contributed by atoms with E-state index in [1.807, 2.05) is 22.9 Å². The Morgan fingerprint density at radius 1 is 1.39 bits per heavy atom. The Hall–Kier alpha value is -1.01. The zero-order valence-corrected chi connectivity index (χ0v) is 10.0. The molecule has 1 aromatic rings. The molecule has 2 rings (SSSR count). The lowest BCUT2D eigenvalue weighted by Gasteiger charge is -2.11. The first kappa shape index (κ1) is 13.4. The summed E-state index contributed by atoms with van der Waals surface area (Å²) >= 11 is 0. The standard InChI is InChI=1S/C12H17F3N2O/c13-12(14,15)9-18-7-6-17-5-1-2-11(17)8-16-10-3-4-10/h1-2,5,10,16H,3-4,6-9H2. The minimum atomic E-state index is -4.24. The van der Waals surface area contributed by atoms with Crippen LogP contribution in [0.3, 0.4) is 0 Å². The Bertz CT molecular complexity index is 372. The van der Waals surface area contributed by atoms with E-state index >= 15 is 0 Å². The monoisotopic (exact) mass is 262 g/mol. The summed E-state index contributed by atoms with van der Waals surface area (Å²) < 4.78 is 42.1. The van der Waals surface area contributed by atoms with Gasteiger partial charge in [-0.2, -0.15) is 13.2 Å². The van der Waals surface area contributed by atoms with Gasteiger partial charge in [0.15, 0.2) is 0 Å². The van der Waals surface area contributed by atoms with Gasteiger partial charge in [0.1, 0.15) is 6.61 Å². The van der Waals surface area contributed by atoms with Crippen molar-refractivity contribution in [3.8, 4) is 0 Å². The summed E-state index contributed by atoms with van der Waals surface area (Å²) in [6.07, 6.45) is 0.0543. The van der Waals surface area contributed by atoms with Crippen molar-refractivity contribution in [3.63, 3.8) is 0 Å². The van der Waals surface area contributed by atoms with Crippen molar-refractivity contribution in [1.29, 1.82) is 0 Å². The summed E-state index contributed by atoms with van der Waals surface area (Å²) in [5, 5.41) is 3.37. The van der Waals surface area contributed by atoms with Crippen LogP contribution in [-0.4, -0.2) is 30.0 Å². The Morgan fingerprint density at radius 3 is 2.83 bits per heavy atom. The predicted octanol–water partition coefficient (Wildman–Crippen LogP) is 2.32. The zero-order valence-electron chi connectivity index (χ0n) is 10.0. The number of nitrogens with one attached hydrogen (secondary N) is 1. The molecule has 0 spiro atoms. The number of ether oxygens (including phenoxy) is 1. The molecule has 1 aromatic heterocycles. The second-order valence-corrected chi connectivity index (χ2v) is 4.52. The fourth-order valence-electron chi connectivity index (χ4n) is 1.72. The molecule has 1 heterocycles. The Morgan fingerprint density at radius 2 is 2.17 bits per heavy atom. The first-order valence-corrected chi connectivity index (χ1v) is 6.06. The van der Waals surface area contributed by atoms with Crippen molar-refractivity contribution in [1.82, 2.24) is 9.88 Å². The van der Waals surface area contributed by atoms with Crippen molar-refractivity contribution >= 4 is 0 Å². The molecule has 0 bridgehead atoms. The van der Waals surface area contributed by atoms with Crippen molar-refractivity contribution in [2.24, 2.45) is 0 Å². The van der Waals surface area contributed by atoms with Crippen LogP contribution in [0.15, 0.2) is 18.3 Å². The zero-order chi connectivity index (χ0) is 13.0. The molecule has 1 aliphatic rings. The molecule has 0 aromatic carbocycles. The largest absolute Gasteiger partial charge is 0.411 e. The van der Waals surface area contributed by atoms with E-state index in [9.17, 15) is 13.2 Å². The lowest BCUT2D eigenvalue weighted by molar-refractivity contribution is -0.174. The summed E-state index contributed by atoms with van der Waals surface area (Å²) in [4.78, 5) is 0. The van der Waals surface area contributed by atoms with E-state index in [0.717, 1.165) is 12.2 Å². The van der Waals surface area contributed by atoms with Gasteiger partial charge in [-0.05, 0) is 25.0 Å². The number of aromatic nitrogens is 1. The number of alkyl halides is 3. The lowest BCUT2D eigenvalue weighted by Crippen LogP contribution is -2.21. The van der Waals surface area contributed by atoms with E-state index < -0.39 is 12.8 Å². The third kappa shape index (κ3) is 4.70. The van der Waals surface area contributed by atoms with Gasteiger partial charge in [0, 0.05) is 31.0 Å². The SMILES string of the molecule is FC(F)(F)COCCn1cccc1CNC1CC1. The van der Waals surface area contributed by atoms with Gasteiger partial charge < -0.3 is 14.6 Å². The van der Waals surface area contributed by atoms with E-state index in [2.05, 4.69) is 10.1 Å². The molecule has 0 amide bonds. The van der Waals surface area contributed by atoms with Crippen LogP contribution in [0.2, 0.25) is 0 Å². The summed E-state index contributed by atoms with van der Waals surface area (Å²) in [7, 11) is 0. The lowest BCUT2D eigenvalue weighted by atomic mass is 10.4. The molecule has 0 unspecified atom stereocenters. The normalized spacial score (nSPS) is 16.2. The second-order valence-electron chi connectivity index (χ2n) is 4.52. The summed E-state index contributed by atoms with van der Waals surface area (Å²) in [6, 6.07) is 4.49. The second kappa shape index (κ2) is 5.75. The molecule has 0 aliphatic heterocycles. The molecule has 0 radical (unpaired) electrons. The quantitative estimate of drug-likeness (QED) is 0.763. The number of halogens is 3. The Kier molecular flexibility index (Phi) is 4.29. The van der Waals surface area contributed by atoms with Crippen LogP contribution >= 0.6 is 0 Å². The van der Waals surface area contributed by atoms with Gasteiger partial charge >= 0.3 is 6.18 Å². The first-order valence-electron chi connectivity index (χ1n) is 6.06. The smallest absolute Gasteiger partial charge is 0.370 e. The van der Waals surface area contributed by atoms with E-state index in [4.69, 9.17) is 0 Å². The molecule has 3 nitrogen and oxygen atoms in total. The number of hydrogen-bond donors (Lipinski definition) is 1. The predicted molar refractivity (Wildman–Crippen MR) is 61.2 cm³/mol. The highest BCUT2D eigenvalue weighted by atomic mass is 19.4. The third-order valence-corrected chi connectivity index (χ3v) is 2.81. The van der Waals surface area contributed by atoms with E-state index in [0.29, 0.717) is 12.6 Å². The minimum Gasteiger partial charge on any atom is -0.370 e. The fraction of sp³-hybridized carbons (Fsp3) is 0.667. The van der Waals surface area contributed by atoms with Crippen LogP contribution in [0.4, 0.5) is 13.2 Å². The number of nitrogens with zero attached hydrogens (tertiary/aromatic N) is 1. The van der Waals surface area contributed by atoms with Gasteiger partial charge in [-0.15, -0.1) is 0 Å². The van der Waals surface area contributed by atoms with E-state index in [1.165, 1.54) is 12.8 Å². The van der Waals surface area contributed by atoms with Gasteiger partial charge in [0.25, 0.3) is 0 Å². The number of rotatable bonds is 7. The van der Waals surface area contributed by atoms with Gasteiger partial charge in [-0.1, -0.05) is 0 Å². The van der Waals surface area contributed by atoms with Crippen LogP contribution in [0.25, 0.3) is 0 Å². The molecule has 18 heavy (non-hydrogen) atoms. The third-order valence-electron chi connectivity index (χ3n) is 2.81. The molecule has 102 valence electrons. The Balaban J connectivity index is 1.69. The molecule has 0 atom stereocenters. The highest BCUT2D eigenvalue weighted by molar-refractivity contribution is 5.07. The molecular formula is C12H17F3N2O. The van der Waals surface area contributed by atoms with E-state index in [-0.39, 0.29) is 6.61 Å². The average Bonchev–Trinajstić information content (AvgIpc) is 3.01. The molecule has 1 aliphatic carbocycles. The molecule has 1 fully saturated rings. The fourth-order valence-corrected chi connectivity index (χ4v) is 1.72. The molecule has 0 saturated heterocycles. The van der Waals surface area contributed by atoms with Gasteiger partial charge in [-0.3, -0.25) is 0 Å². The number of hydrogen-bond acceptors (Lipinski definition) is 2. The first-order chi connectivity index (χ1) is 8.54. The topological polar surface area (TPSA) is 26.2 Å². The van der Waals surface area contributed by atoms with Crippen LogP contribution in [0, 0.1) is 0 Å². The van der Waals surface area contributed by atoms with Crippen molar-refractivity contribution < 1.29 is 17.9 Å². The van der Waals surface area contributed by atoms with Gasteiger partial charge in [0.2, 0.25) is 0 Å². The molecule has 1 saturated carbocycles. The van der Waals surface area contributed by atoms with Crippen LogP contribution < -0.4 is 5.32 Å². The van der Waals surface area contributed by atoms with Crippen LogP contribution in [-0.2, 0) is 17.8 Å². The minimum absolute atomic E-state index is 0.0740. The van der Waals surface area contributed by atoms with Crippen LogP contribution in [0.5, 0.6) is 0 Å². The maximum absolute atomic E-state index is 11.9. The van der Waals surface area contributed by atoms with Gasteiger partial charge in [-0.25, -0.2) is 0 Å². The van der Waals surface area contributed by atoms with Crippen molar-refractivity contribution in [2.45, 2.75) is 38.1 Å². The van der Waals surface area contributed by atoms with Gasteiger partial charge in [0.05, 0.1) is 6.61 Å². The maximum Gasteiger partial charge on any atom is 0.411 e. The summed E-state index contributed by atoms with van der Waals surface area (Å²) in [6.45, 7) is 0.107. The van der Waals surface area contributed by atoms with Crippen LogP contribution in [0.1, 0.15) is 18.5 Å². The average molecular weight is 262 g/mol. The van der Waals surface area contributed by atoms with Crippen molar-refractivity contribution in [3.05, 3.63) is 24.0 Å². The van der Waals surface area contributed by atoms with E-state index in [1.54, 1.807) is 0 Å². The van der Waals surface area contributed by atoms with Crippen molar-refractivity contribution in [2.75, 3.05) is 13.2 Å².